The van der Waals surface area contributed by atoms with E-state index in [1.165, 1.54) is 11.1 Å². The molecule has 1 heterocycles. The first-order valence-electron chi connectivity index (χ1n) is 10.1. The number of likely N-dealkylation sites (tertiary alicyclic amines) is 1. The molecule has 1 saturated carbocycles. The summed E-state index contributed by atoms with van der Waals surface area (Å²) < 4.78 is 11.8. The van der Waals surface area contributed by atoms with E-state index in [-0.39, 0.29) is 30.1 Å². The van der Waals surface area contributed by atoms with Gasteiger partial charge in [0.2, 0.25) is 0 Å². The molecule has 2 fully saturated rings. The summed E-state index contributed by atoms with van der Waals surface area (Å²) in [4.78, 5) is 15.2. The third-order valence-electron chi connectivity index (χ3n) is 7.12. The average Bonchev–Trinajstić information content (AvgIpc) is 2.71. The third kappa shape index (κ3) is 3.07. The fourth-order valence-corrected chi connectivity index (χ4v) is 5.73. The number of methoxy groups -OCH3 is 2. The van der Waals surface area contributed by atoms with Gasteiger partial charge in [-0.25, -0.2) is 0 Å². The number of hydrogen-bond acceptors (Lipinski definition) is 6. The molecule has 1 aromatic carbocycles. The first kappa shape index (κ1) is 21.2. The van der Waals surface area contributed by atoms with Gasteiger partial charge in [0.25, 0.3) is 0 Å². The van der Waals surface area contributed by atoms with Crippen LogP contribution in [0.15, 0.2) is 18.2 Å². The molecule has 0 aromatic heterocycles. The number of ether oxygens (including phenoxy) is 2. The SMILES string of the molecule is COc1ccc2c(c1)[C@]13CCN(C)[C@H](C2)C1(OC)C[C@H](C)C(=O)C3.OCCO. The number of Topliss-reactive ketones (excluding diaryl/α,β-unsaturated/α-hetero) is 1. The van der Waals surface area contributed by atoms with E-state index in [2.05, 4.69) is 31.0 Å². The van der Waals surface area contributed by atoms with Gasteiger partial charge in [-0.3, -0.25) is 4.79 Å². The van der Waals surface area contributed by atoms with Crippen molar-refractivity contribution in [2.45, 2.75) is 49.7 Å². The molecule has 2 aliphatic carbocycles. The second kappa shape index (κ2) is 8.11. The maximum atomic E-state index is 12.7. The molecule has 3 aliphatic rings. The van der Waals surface area contributed by atoms with Crippen molar-refractivity contribution in [1.29, 1.82) is 0 Å². The molecule has 2 bridgehead atoms. The number of hydrogen-bond donors (Lipinski definition) is 2. The summed E-state index contributed by atoms with van der Waals surface area (Å²) in [5, 5.41) is 15.2. The van der Waals surface area contributed by atoms with Crippen LogP contribution in [0.2, 0.25) is 0 Å². The number of benzene rings is 1. The second-order valence-electron chi connectivity index (χ2n) is 8.34. The molecule has 6 heteroatoms. The Balaban J connectivity index is 0.000000516. The van der Waals surface area contributed by atoms with Gasteiger partial charge in [-0.2, -0.15) is 0 Å². The Morgan fingerprint density at radius 3 is 2.57 bits per heavy atom. The molecule has 4 rings (SSSR count). The van der Waals surface area contributed by atoms with Crippen LogP contribution in [0.3, 0.4) is 0 Å². The smallest absolute Gasteiger partial charge is 0.136 e. The average molecular weight is 392 g/mol. The summed E-state index contributed by atoms with van der Waals surface area (Å²) in [5.74, 6) is 1.32. The molecule has 1 aliphatic heterocycles. The Morgan fingerprint density at radius 2 is 1.96 bits per heavy atom. The number of piperidine rings is 1. The highest BCUT2D eigenvalue weighted by molar-refractivity contribution is 5.84. The number of nitrogens with zero attached hydrogens (tertiary/aromatic N) is 1. The highest BCUT2D eigenvalue weighted by Gasteiger charge is 2.66. The lowest BCUT2D eigenvalue weighted by atomic mass is 9.48. The second-order valence-corrected chi connectivity index (χ2v) is 8.34. The molecule has 0 radical (unpaired) electrons. The fraction of sp³-hybridized carbons (Fsp3) is 0.682. The summed E-state index contributed by atoms with van der Waals surface area (Å²) >= 11 is 0. The summed E-state index contributed by atoms with van der Waals surface area (Å²) in [6.07, 6.45) is 3.35. The highest BCUT2D eigenvalue weighted by Crippen LogP contribution is 2.59. The van der Waals surface area contributed by atoms with Crippen molar-refractivity contribution in [1.82, 2.24) is 4.90 Å². The number of fused-ring (bicyclic) bond motifs is 1. The van der Waals surface area contributed by atoms with E-state index in [4.69, 9.17) is 19.7 Å². The van der Waals surface area contributed by atoms with Gasteiger partial charge in [0.15, 0.2) is 0 Å². The monoisotopic (exact) mass is 391 g/mol. The van der Waals surface area contributed by atoms with Gasteiger partial charge >= 0.3 is 0 Å². The Bertz CT molecular complexity index is 721. The van der Waals surface area contributed by atoms with Crippen molar-refractivity contribution >= 4 is 5.78 Å². The summed E-state index contributed by atoms with van der Waals surface area (Å²) in [7, 11) is 5.75. The van der Waals surface area contributed by atoms with Crippen molar-refractivity contribution in [3.8, 4) is 5.75 Å². The number of aliphatic hydroxyl groups is 2. The summed E-state index contributed by atoms with van der Waals surface area (Å²) in [5.41, 5.74) is 2.13. The van der Waals surface area contributed by atoms with Crippen molar-refractivity contribution in [2.75, 3.05) is 41.0 Å². The number of aliphatic hydroxyl groups excluding tert-OH is 2. The number of ketones is 1. The van der Waals surface area contributed by atoms with E-state index in [0.717, 1.165) is 31.6 Å². The lowest BCUT2D eigenvalue weighted by molar-refractivity contribution is -0.190. The van der Waals surface area contributed by atoms with Crippen LogP contribution >= 0.6 is 0 Å². The van der Waals surface area contributed by atoms with Gasteiger partial charge in [-0.15, -0.1) is 0 Å². The first-order valence-corrected chi connectivity index (χ1v) is 10.1. The molecule has 28 heavy (non-hydrogen) atoms. The lowest BCUT2D eigenvalue weighted by Gasteiger charge is -2.65. The van der Waals surface area contributed by atoms with Crippen molar-refractivity contribution in [3.05, 3.63) is 29.3 Å². The Morgan fingerprint density at radius 1 is 1.25 bits per heavy atom. The Kier molecular flexibility index (Phi) is 6.15. The quantitative estimate of drug-likeness (QED) is 0.814. The molecule has 2 N–H and O–H groups in total. The number of rotatable bonds is 3. The largest absolute Gasteiger partial charge is 0.497 e. The van der Waals surface area contributed by atoms with Crippen LogP contribution in [0, 0.1) is 5.92 Å². The molecular weight excluding hydrogens is 358 g/mol. The third-order valence-corrected chi connectivity index (χ3v) is 7.12. The highest BCUT2D eigenvalue weighted by atomic mass is 16.5. The van der Waals surface area contributed by atoms with Crippen molar-refractivity contribution in [2.24, 2.45) is 5.92 Å². The van der Waals surface area contributed by atoms with E-state index in [1.54, 1.807) is 7.11 Å². The van der Waals surface area contributed by atoms with Gasteiger partial charge in [0.1, 0.15) is 11.5 Å². The normalized spacial score (nSPS) is 34.0. The molecule has 1 unspecified atom stereocenters. The molecule has 0 amide bonds. The van der Waals surface area contributed by atoms with Gasteiger partial charge in [-0.05, 0) is 56.1 Å². The zero-order valence-corrected chi connectivity index (χ0v) is 17.4. The maximum absolute atomic E-state index is 12.7. The number of carbonyl (C=O) groups is 1. The van der Waals surface area contributed by atoms with E-state index in [1.807, 2.05) is 13.2 Å². The van der Waals surface area contributed by atoms with Crippen LogP contribution in [-0.4, -0.2) is 73.6 Å². The van der Waals surface area contributed by atoms with Gasteiger partial charge in [0, 0.05) is 30.9 Å². The molecule has 6 nitrogen and oxygen atoms in total. The zero-order chi connectivity index (χ0) is 20.5. The number of carbonyl (C=O) groups excluding carboxylic acids is 1. The van der Waals surface area contributed by atoms with E-state index in [0.29, 0.717) is 18.2 Å². The van der Waals surface area contributed by atoms with E-state index >= 15 is 0 Å². The molecule has 156 valence electrons. The minimum atomic E-state index is -0.285. The van der Waals surface area contributed by atoms with Gasteiger partial charge in [-0.1, -0.05) is 13.0 Å². The molecule has 0 spiro atoms. The van der Waals surface area contributed by atoms with E-state index < -0.39 is 0 Å². The molecule has 1 aromatic rings. The first-order chi connectivity index (χ1) is 13.4. The maximum Gasteiger partial charge on any atom is 0.136 e. The van der Waals surface area contributed by atoms with Gasteiger partial charge < -0.3 is 24.6 Å². The topological polar surface area (TPSA) is 79.2 Å². The standard InChI is InChI=1S/C20H27NO3.C2H6O2/c1-13-11-20(24-4)18-9-14-5-6-15(23-3)10-16(14)19(20,12-17(13)22)7-8-21(18)2;3-1-2-4/h5-6,10,13,18H,7-9,11-12H2,1-4H3;3-4H,1-2H2/t13-,18+,19+,20?;/m0./s1. The number of likely N-dealkylation sites (N-methyl/N-ethyl adjacent to an activating group) is 1. The Labute approximate surface area is 167 Å². The summed E-state index contributed by atoms with van der Waals surface area (Å²) in [6.45, 7) is 2.82. The molecule has 1 saturated heterocycles. The molecular formula is C22H33NO5. The zero-order valence-electron chi connectivity index (χ0n) is 17.4. The van der Waals surface area contributed by atoms with Crippen molar-refractivity contribution in [3.63, 3.8) is 0 Å². The Hall–Kier alpha value is -1.47. The van der Waals surface area contributed by atoms with Crippen LogP contribution in [0.25, 0.3) is 0 Å². The van der Waals surface area contributed by atoms with Gasteiger partial charge in [0.05, 0.1) is 25.9 Å². The van der Waals surface area contributed by atoms with Crippen LogP contribution in [0.5, 0.6) is 5.75 Å². The van der Waals surface area contributed by atoms with Crippen LogP contribution in [0.4, 0.5) is 0 Å². The predicted molar refractivity (Wildman–Crippen MR) is 107 cm³/mol. The lowest BCUT2D eigenvalue weighted by Crippen LogP contribution is -2.74. The molecule has 4 atom stereocenters. The minimum absolute atomic E-state index is 0.0687. The fourth-order valence-electron chi connectivity index (χ4n) is 5.73. The van der Waals surface area contributed by atoms with Crippen molar-refractivity contribution < 1.29 is 24.5 Å². The van der Waals surface area contributed by atoms with Crippen LogP contribution in [-0.2, 0) is 21.4 Å². The predicted octanol–water partition coefficient (Wildman–Crippen LogP) is 1.55. The van der Waals surface area contributed by atoms with Crippen LogP contribution in [0.1, 0.15) is 37.3 Å². The van der Waals surface area contributed by atoms with E-state index in [9.17, 15) is 4.79 Å². The minimum Gasteiger partial charge on any atom is -0.497 e. The summed E-state index contributed by atoms with van der Waals surface area (Å²) in [6, 6.07) is 6.71. The van der Waals surface area contributed by atoms with Crippen LogP contribution < -0.4 is 4.74 Å².